The number of imidazole rings is 1. The van der Waals surface area contributed by atoms with Gasteiger partial charge in [0.25, 0.3) is 5.70 Å². The van der Waals surface area contributed by atoms with Crippen LogP contribution in [-0.4, -0.2) is 23.6 Å². The fraction of sp³-hybridized carbons (Fsp3) is 0.617. The molecule has 1 aromatic heterocycles. The standard InChI is InChI=1S/C81H101N5O/c1-41(2)48-23-22-24-49(42(3)4)72(48)86-34-33-84-74(86)43-25-27-50-44(35-43)36-46-38-52(50)67(46)81(75(5,6)7,76(8,9)10)58-39-45(57(40-82)83-19)37-47(87-58)26-28-51-59-65(70-63-55-31-29-53(77(55,11)12)61(63)68(59)79(70,15)16)73(85(20)21)66-60(51)69-62-54-30-32-56(78(54,13)14)64(62)71(66)80(69,17)18/h22-28,33-35,37,39,41-42,46,52-56,61-64,67-71H,29-32,36,38H2,1-18,20-21H3/b28-26+,57-45+. The number of allylic oxidation sites excluding steroid dienone is 6. The summed E-state index contributed by atoms with van der Waals surface area (Å²) in [6.45, 7) is 53.7. The third-order valence-corrected chi connectivity index (χ3v) is 28.2. The van der Waals surface area contributed by atoms with E-state index in [1.54, 1.807) is 27.9 Å². The van der Waals surface area contributed by atoms with Gasteiger partial charge in [-0.3, -0.25) is 4.57 Å². The number of para-hydroxylation sites is 1. The number of fused-ring (bicyclic) bond motifs is 28. The zero-order valence-corrected chi connectivity index (χ0v) is 56.6. The van der Waals surface area contributed by atoms with Crippen LogP contribution in [0.5, 0.6) is 0 Å². The summed E-state index contributed by atoms with van der Waals surface area (Å²) in [5, 5.41) is 10.9. The van der Waals surface area contributed by atoms with E-state index >= 15 is 0 Å². The maximum absolute atomic E-state index is 10.9. The van der Waals surface area contributed by atoms with Crippen molar-refractivity contribution in [2.24, 2.45) is 97.1 Å². The van der Waals surface area contributed by atoms with Crippen LogP contribution in [0, 0.1) is 115 Å². The average molecular weight is 1160 g/mol. The quantitative estimate of drug-likeness (QED) is 0.0952. The second-order valence-corrected chi connectivity index (χ2v) is 35.7. The highest BCUT2D eigenvalue weighted by molar-refractivity contribution is 5.82. The molecule has 15 unspecified atom stereocenters. The zero-order chi connectivity index (χ0) is 61.8. The number of ether oxygens (including phenoxy) is 1. The highest BCUT2D eigenvalue weighted by Crippen LogP contribution is 2.87. The van der Waals surface area contributed by atoms with E-state index < -0.39 is 5.41 Å². The van der Waals surface area contributed by atoms with Crippen molar-refractivity contribution in [3.8, 4) is 23.1 Å². The van der Waals surface area contributed by atoms with Crippen molar-refractivity contribution in [3.05, 3.63) is 151 Å². The van der Waals surface area contributed by atoms with Crippen molar-refractivity contribution in [2.75, 3.05) is 19.0 Å². The summed E-state index contributed by atoms with van der Waals surface area (Å²) < 4.78 is 10.2. The largest absolute Gasteiger partial charge is 0.461 e. The predicted molar refractivity (Wildman–Crippen MR) is 355 cm³/mol. The lowest BCUT2D eigenvalue weighted by molar-refractivity contribution is -0.150. The second-order valence-electron chi connectivity index (χ2n) is 35.7. The summed E-state index contributed by atoms with van der Waals surface area (Å²) in [7, 11) is 4.80. The Morgan fingerprint density at radius 1 is 0.724 bits per heavy atom. The topological polar surface area (TPSA) is 58.4 Å². The van der Waals surface area contributed by atoms with Crippen LogP contribution in [0.3, 0.4) is 0 Å². The zero-order valence-electron chi connectivity index (χ0n) is 56.6. The third kappa shape index (κ3) is 7.07. The Hall–Kier alpha value is -5.59. The van der Waals surface area contributed by atoms with Gasteiger partial charge in [0.1, 0.15) is 17.3 Å². The molecule has 11 aliphatic rings. The van der Waals surface area contributed by atoms with E-state index in [4.69, 9.17) is 16.3 Å². The fourth-order valence-corrected chi connectivity index (χ4v) is 26.1. The molecule has 15 atom stereocenters. The molecular weight excluding hydrogens is 1060 g/mol. The van der Waals surface area contributed by atoms with Gasteiger partial charge in [0.05, 0.1) is 18.3 Å². The number of aromatic nitrogens is 2. The third-order valence-electron chi connectivity index (χ3n) is 28.2. The minimum absolute atomic E-state index is 0.130. The summed E-state index contributed by atoms with van der Waals surface area (Å²) in [6.07, 6.45) is 20.9. The van der Waals surface area contributed by atoms with Crippen molar-refractivity contribution >= 4 is 11.8 Å². The van der Waals surface area contributed by atoms with Gasteiger partial charge in [-0.25, -0.2) is 15.1 Å². The lowest BCUT2D eigenvalue weighted by Crippen LogP contribution is -2.62. The monoisotopic (exact) mass is 1160 g/mol. The molecule has 1 aliphatic heterocycles. The summed E-state index contributed by atoms with van der Waals surface area (Å²) in [5.74, 6) is 12.3. The molecule has 6 nitrogen and oxygen atoms in total. The molecule has 10 bridgehead atoms. The highest BCUT2D eigenvalue weighted by atomic mass is 16.5. The molecule has 7 fully saturated rings. The summed E-state index contributed by atoms with van der Waals surface area (Å²) in [4.78, 5) is 11.7. The van der Waals surface area contributed by atoms with Crippen molar-refractivity contribution < 1.29 is 4.74 Å². The Labute approximate surface area is 523 Å². The van der Waals surface area contributed by atoms with Crippen LogP contribution in [0.1, 0.15) is 248 Å². The van der Waals surface area contributed by atoms with Gasteiger partial charge < -0.3 is 9.64 Å². The van der Waals surface area contributed by atoms with Gasteiger partial charge in [-0.2, -0.15) is 0 Å². The van der Waals surface area contributed by atoms with Crippen LogP contribution in [0.2, 0.25) is 0 Å². The first-order valence-corrected chi connectivity index (χ1v) is 34.4. The van der Waals surface area contributed by atoms with Gasteiger partial charge in [0.2, 0.25) is 0 Å². The van der Waals surface area contributed by atoms with Crippen molar-refractivity contribution in [3.63, 3.8) is 0 Å². The van der Waals surface area contributed by atoms with E-state index in [1.165, 1.54) is 64.8 Å². The molecule has 0 radical (unpaired) electrons. The summed E-state index contributed by atoms with van der Waals surface area (Å²) in [5.41, 5.74) is 18.7. The number of hydrogen-bond acceptors (Lipinski definition) is 4. The fourth-order valence-electron chi connectivity index (χ4n) is 26.1. The van der Waals surface area contributed by atoms with Gasteiger partial charge >= 0.3 is 0 Å². The number of anilines is 1. The van der Waals surface area contributed by atoms with Crippen molar-refractivity contribution in [2.45, 2.75) is 205 Å². The Morgan fingerprint density at radius 2 is 1.24 bits per heavy atom. The first kappa shape index (κ1) is 57.8. The predicted octanol–water partition coefficient (Wildman–Crippen LogP) is 20.5. The van der Waals surface area contributed by atoms with Gasteiger partial charge in [-0.1, -0.05) is 161 Å². The van der Waals surface area contributed by atoms with E-state index in [-0.39, 0.29) is 33.3 Å². The number of hydrogen-bond donors (Lipinski definition) is 0. The maximum atomic E-state index is 10.9. The Kier molecular flexibility index (Phi) is 12.2. The minimum Gasteiger partial charge on any atom is -0.461 e. The van der Waals surface area contributed by atoms with Crippen LogP contribution in [-0.2, 0) is 11.2 Å². The van der Waals surface area contributed by atoms with Gasteiger partial charge in [-0.05, 0) is 252 Å². The van der Waals surface area contributed by atoms with E-state index in [9.17, 15) is 5.26 Å². The molecule has 4 aromatic rings. The SMILES string of the molecule is [C-]#[N+]/C(C#N)=C1C=C(/C=C/c2c3c(c(N(C)C)c4c2C2C5C(C6CCC5C6(C)C)C4C2(C)C)C2C4C(C5CCC4C5(C)C)C3C2(C)C)OC(C(C2C3Cc4cc(-c5nccn5-c5c(C(C)C)cccc5C(C)C)ccc4C2C3)(C(C)(C)C)C(C)(C)C)=C\1. The molecular formula is C81H101N5O. The van der Waals surface area contributed by atoms with Crippen LogP contribution < -0.4 is 4.90 Å². The van der Waals surface area contributed by atoms with Crippen molar-refractivity contribution in [1.82, 2.24) is 9.55 Å². The Morgan fingerprint density at radius 3 is 1.71 bits per heavy atom. The van der Waals surface area contributed by atoms with Crippen LogP contribution in [0.4, 0.5) is 5.69 Å². The first-order valence-electron chi connectivity index (χ1n) is 34.4. The smallest absolute Gasteiger partial charge is 0.269 e. The van der Waals surface area contributed by atoms with E-state index in [1.807, 2.05) is 6.20 Å². The second kappa shape index (κ2) is 18.3. The van der Waals surface area contributed by atoms with Crippen LogP contribution >= 0.6 is 0 Å². The molecule has 0 spiro atoms. The van der Waals surface area contributed by atoms with E-state index in [0.717, 1.165) is 65.7 Å². The van der Waals surface area contributed by atoms with Gasteiger partial charge in [0.15, 0.2) is 0 Å². The number of nitrogens with zero attached hydrogens (tertiary/aromatic N) is 5. The molecule has 15 rings (SSSR count). The average Bonchev–Trinajstić information content (AvgIpc) is 1.48. The van der Waals surface area contributed by atoms with Gasteiger partial charge in [-0.15, -0.1) is 0 Å². The molecule has 0 amide bonds. The van der Waals surface area contributed by atoms with Crippen molar-refractivity contribution in [1.29, 1.82) is 5.26 Å². The molecule has 10 aliphatic carbocycles. The highest BCUT2D eigenvalue weighted by Gasteiger charge is 2.77. The minimum atomic E-state index is -0.495. The Bertz CT molecular complexity index is 3700. The molecule has 456 valence electrons. The lowest BCUT2D eigenvalue weighted by atomic mass is 9.37. The molecule has 87 heavy (non-hydrogen) atoms. The number of rotatable bonds is 9. The molecule has 0 N–H and O–H groups in total. The van der Waals surface area contributed by atoms with Gasteiger partial charge in [0, 0.05) is 43.2 Å². The van der Waals surface area contributed by atoms with Crippen LogP contribution in [0.15, 0.2) is 89.8 Å². The molecule has 3 aromatic carbocycles. The number of benzene rings is 3. The molecule has 7 saturated carbocycles. The normalized spacial score (nSPS) is 34.7. The lowest BCUT2D eigenvalue weighted by Gasteiger charge is -2.67. The summed E-state index contributed by atoms with van der Waals surface area (Å²) >= 11 is 0. The van der Waals surface area contributed by atoms with E-state index in [0.29, 0.717) is 75.6 Å². The Balaban J connectivity index is 0.868. The first-order chi connectivity index (χ1) is 40.9. The molecule has 6 heteroatoms. The van der Waals surface area contributed by atoms with E-state index in [2.05, 4.69) is 226 Å². The number of nitriles is 1. The molecule has 2 heterocycles. The maximum Gasteiger partial charge on any atom is 0.269 e. The molecule has 0 saturated heterocycles. The summed E-state index contributed by atoms with van der Waals surface area (Å²) in [6, 6.07) is 16.5. The van der Waals surface area contributed by atoms with Crippen LogP contribution in [0.25, 0.3) is 28.0 Å².